The molecule has 9 heteroatoms. The molecule has 1 aromatic carbocycles. The molecule has 150 valence electrons. The van der Waals surface area contributed by atoms with Crippen LogP contribution in [0, 0.1) is 0 Å². The van der Waals surface area contributed by atoms with Crippen LogP contribution in [0.2, 0.25) is 0 Å². The van der Waals surface area contributed by atoms with Gasteiger partial charge < -0.3 is 24.8 Å². The lowest BCUT2D eigenvalue weighted by Gasteiger charge is -2.29. The van der Waals surface area contributed by atoms with Crippen molar-refractivity contribution in [2.24, 2.45) is 5.73 Å². The van der Waals surface area contributed by atoms with Gasteiger partial charge in [0.15, 0.2) is 5.16 Å². The third-order valence-corrected chi connectivity index (χ3v) is 5.08. The maximum absolute atomic E-state index is 12.4. The van der Waals surface area contributed by atoms with Crippen LogP contribution in [0.15, 0.2) is 23.4 Å². The van der Waals surface area contributed by atoms with Gasteiger partial charge in [0, 0.05) is 31.1 Å². The summed E-state index contributed by atoms with van der Waals surface area (Å²) in [6, 6.07) is 5.55. The van der Waals surface area contributed by atoms with Crippen LogP contribution in [-0.4, -0.2) is 62.7 Å². The van der Waals surface area contributed by atoms with Crippen LogP contribution in [-0.2, 0) is 11.2 Å². The van der Waals surface area contributed by atoms with Crippen LogP contribution in [0.5, 0.6) is 11.5 Å². The topological polar surface area (TPSA) is 99.8 Å². The highest BCUT2D eigenvalue weighted by Crippen LogP contribution is 2.30. The molecule has 0 unspecified atom stereocenters. The molecule has 0 radical (unpaired) electrons. The summed E-state index contributed by atoms with van der Waals surface area (Å²) in [5, 5.41) is 0.592. The van der Waals surface area contributed by atoms with Crippen molar-refractivity contribution < 1.29 is 19.0 Å². The number of anilines is 1. The van der Waals surface area contributed by atoms with Gasteiger partial charge in [0.1, 0.15) is 22.9 Å². The maximum atomic E-state index is 12.4. The van der Waals surface area contributed by atoms with E-state index < -0.39 is 5.91 Å². The van der Waals surface area contributed by atoms with Gasteiger partial charge in [-0.3, -0.25) is 4.79 Å². The lowest BCUT2D eigenvalue weighted by Crippen LogP contribution is -2.38. The number of aromatic nitrogens is 2. The molecule has 1 amide bonds. The van der Waals surface area contributed by atoms with E-state index in [-0.39, 0.29) is 0 Å². The van der Waals surface area contributed by atoms with Crippen molar-refractivity contribution >= 4 is 23.5 Å². The van der Waals surface area contributed by atoms with Crippen molar-refractivity contribution in [2.45, 2.75) is 11.6 Å². The third-order valence-electron chi connectivity index (χ3n) is 4.54. The van der Waals surface area contributed by atoms with Gasteiger partial charge in [-0.1, -0.05) is 17.8 Å². The van der Waals surface area contributed by atoms with Crippen LogP contribution in [0.4, 0.5) is 5.82 Å². The molecule has 2 aromatic rings. The number of nitrogens with two attached hydrogens (primary N) is 1. The average molecular weight is 404 g/mol. The first kappa shape index (κ1) is 20.2. The maximum Gasteiger partial charge on any atom is 0.254 e. The third kappa shape index (κ3) is 4.31. The lowest BCUT2D eigenvalue weighted by molar-refractivity contribution is 0.0996. The second-order valence-corrected chi connectivity index (χ2v) is 6.95. The number of primary amides is 1. The normalized spacial score (nSPS) is 14.0. The predicted octanol–water partition coefficient (Wildman–Crippen LogP) is 1.74. The van der Waals surface area contributed by atoms with E-state index in [0.717, 1.165) is 5.56 Å². The number of benzene rings is 1. The van der Waals surface area contributed by atoms with Gasteiger partial charge in [0.25, 0.3) is 5.91 Å². The minimum Gasteiger partial charge on any atom is -0.497 e. The molecule has 28 heavy (non-hydrogen) atoms. The van der Waals surface area contributed by atoms with E-state index in [9.17, 15) is 4.79 Å². The number of hydrogen-bond acceptors (Lipinski definition) is 8. The van der Waals surface area contributed by atoms with Gasteiger partial charge in [0.2, 0.25) is 0 Å². The number of nitrogens with zero attached hydrogens (tertiary/aromatic N) is 3. The fourth-order valence-electron chi connectivity index (χ4n) is 3.13. The fraction of sp³-hybridized carbons (Fsp3) is 0.421. The van der Waals surface area contributed by atoms with Gasteiger partial charge in [-0.25, -0.2) is 9.97 Å². The van der Waals surface area contributed by atoms with Crippen molar-refractivity contribution in [3.05, 3.63) is 35.0 Å². The summed E-state index contributed by atoms with van der Waals surface area (Å²) >= 11 is 1.42. The Morgan fingerprint density at radius 2 is 2.00 bits per heavy atom. The largest absolute Gasteiger partial charge is 0.497 e. The van der Waals surface area contributed by atoms with Crippen molar-refractivity contribution in [2.75, 3.05) is 51.7 Å². The number of methoxy groups -OCH3 is 2. The number of thioether (sulfide) groups is 1. The van der Waals surface area contributed by atoms with E-state index in [4.69, 9.17) is 19.9 Å². The van der Waals surface area contributed by atoms with Gasteiger partial charge in [-0.2, -0.15) is 0 Å². The highest BCUT2D eigenvalue weighted by molar-refractivity contribution is 7.98. The second kappa shape index (κ2) is 9.11. The van der Waals surface area contributed by atoms with Crippen LogP contribution >= 0.6 is 11.8 Å². The molecule has 1 saturated heterocycles. The quantitative estimate of drug-likeness (QED) is 0.550. The summed E-state index contributed by atoms with van der Waals surface area (Å²) in [7, 11) is 3.20. The minimum absolute atomic E-state index is 0.345. The number of amides is 1. The van der Waals surface area contributed by atoms with Crippen LogP contribution < -0.4 is 20.1 Å². The molecule has 0 aliphatic carbocycles. The fourth-order valence-corrected chi connectivity index (χ4v) is 3.51. The van der Waals surface area contributed by atoms with E-state index in [1.54, 1.807) is 20.3 Å². The smallest absolute Gasteiger partial charge is 0.254 e. The Balaban J connectivity index is 2.08. The Morgan fingerprint density at radius 1 is 1.25 bits per heavy atom. The van der Waals surface area contributed by atoms with Crippen molar-refractivity contribution in [1.29, 1.82) is 0 Å². The molecule has 2 N–H and O–H groups in total. The van der Waals surface area contributed by atoms with Crippen LogP contribution in [0.25, 0.3) is 0 Å². The van der Waals surface area contributed by atoms with E-state index in [1.807, 2.05) is 23.3 Å². The summed E-state index contributed by atoms with van der Waals surface area (Å²) in [6.45, 7) is 2.46. The van der Waals surface area contributed by atoms with Gasteiger partial charge in [-0.15, -0.1) is 0 Å². The number of hydrogen-bond donors (Lipinski definition) is 1. The summed E-state index contributed by atoms with van der Waals surface area (Å²) in [5.41, 5.74) is 7.55. The summed E-state index contributed by atoms with van der Waals surface area (Å²) in [5.74, 6) is 1.37. The van der Waals surface area contributed by atoms with Crippen molar-refractivity contribution in [3.63, 3.8) is 0 Å². The molecule has 0 saturated carbocycles. The second-order valence-electron chi connectivity index (χ2n) is 6.17. The number of carbonyl (C=O) groups excluding carboxylic acids is 1. The van der Waals surface area contributed by atoms with Gasteiger partial charge in [0.05, 0.1) is 33.1 Å². The summed E-state index contributed by atoms with van der Waals surface area (Å²) in [6.07, 6.45) is 2.29. The average Bonchev–Trinajstić information content (AvgIpc) is 2.73. The predicted molar refractivity (Wildman–Crippen MR) is 108 cm³/mol. The van der Waals surface area contributed by atoms with E-state index in [0.29, 0.717) is 66.5 Å². The molecule has 8 nitrogen and oxygen atoms in total. The zero-order valence-corrected chi connectivity index (χ0v) is 17.0. The molecule has 0 atom stereocenters. The molecular weight excluding hydrogens is 380 g/mol. The first-order chi connectivity index (χ1) is 13.6. The SMILES string of the molecule is COc1ccc(Cc2nc(SC)nc(N3CCOCC3)c2C(N)=O)c(OC)c1. The molecule has 3 rings (SSSR count). The Labute approximate surface area is 168 Å². The Bertz CT molecular complexity index is 856. The zero-order valence-electron chi connectivity index (χ0n) is 16.2. The number of rotatable bonds is 7. The first-order valence-electron chi connectivity index (χ1n) is 8.85. The van der Waals surface area contributed by atoms with Crippen molar-refractivity contribution in [1.82, 2.24) is 9.97 Å². The molecule has 1 aromatic heterocycles. The van der Waals surface area contributed by atoms with E-state index in [2.05, 4.69) is 9.97 Å². The molecule has 2 heterocycles. The van der Waals surface area contributed by atoms with E-state index >= 15 is 0 Å². The lowest BCUT2D eigenvalue weighted by atomic mass is 10.0. The van der Waals surface area contributed by atoms with Crippen LogP contribution in [0.1, 0.15) is 21.6 Å². The molecule has 0 bridgehead atoms. The number of morpholine rings is 1. The monoisotopic (exact) mass is 404 g/mol. The Morgan fingerprint density at radius 3 is 2.61 bits per heavy atom. The zero-order chi connectivity index (χ0) is 20.1. The number of carbonyl (C=O) groups is 1. The molecule has 1 fully saturated rings. The highest BCUT2D eigenvalue weighted by atomic mass is 32.2. The summed E-state index contributed by atoms with van der Waals surface area (Å²) < 4.78 is 16.2. The first-order valence-corrected chi connectivity index (χ1v) is 10.1. The molecule has 1 aliphatic rings. The van der Waals surface area contributed by atoms with Gasteiger partial charge >= 0.3 is 0 Å². The minimum atomic E-state index is -0.545. The van der Waals surface area contributed by atoms with Crippen LogP contribution in [0.3, 0.4) is 0 Å². The standard InChI is InChI=1S/C19H24N4O4S/c1-25-13-5-4-12(15(11-13)26-2)10-14-16(17(20)24)18(22-19(21-14)28-3)23-6-8-27-9-7-23/h4-5,11H,6-10H2,1-3H3,(H2,20,24). The molecule has 0 spiro atoms. The molecule has 1 aliphatic heterocycles. The number of ether oxygens (including phenoxy) is 3. The van der Waals surface area contributed by atoms with Gasteiger partial charge in [-0.05, 0) is 12.3 Å². The van der Waals surface area contributed by atoms with Crippen molar-refractivity contribution in [3.8, 4) is 11.5 Å². The molecular formula is C19H24N4O4S. The summed E-state index contributed by atoms with van der Waals surface area (Å²) in [4.78, 5) is 23.5. The van der Waals surface area contributed by atoms with E-state index in [1.165, 1.54) is 11.8 Å². The highest BCUT2D eigenvalue weighted by Gasteiger charge is 2.25. The Hall–Kier alpha value is -2.52. The Kier molecular flexibility index (Phi) is 6.58.